The number of carbonyl (C=O) groups excluding carboxylic acids is 1. The maximum Gasteiger partial charge on any atom is 0.237 e. The fourth-order valence-electron chi connectivity index (χ4n) is 4.66. The van der Waals surface area contributed by atoms with Gasteiger partial charge in [-0.15, -0.1) is 0 Å². The van der Waals surface area contributed by atoms with Gasteiger partial charge in [-0.2, -0.15) is 0 Å². The molecule has 0 aromatic heterocycles. The van der Waals surface area contributed by atoms with Gasteiger partial charge in [0.15, 0.2) is 0 Å². The zero-order valence-electron chi connectivity index (χ0n) is 17.7. The number of hydrogen-bond acceptors (Lipinski definition) is 4. The van der Waals surface area contributed by atoms with Crippen molar-refractivity contribution >= 4 is 15.7 Å². The predicted octanol–water partition coefficient (Wildman–Crippen LogP) is 3.99. The number of benzene rings is 2. The molecule has 2 N–H and O–H groups in total. The molecule has 2 aromatic rings. The molecule has 4 rings (SSSR count). The summed E-state index contributed by atoms with van der Waals surface area (Å²) in [5.41, 5.74) is 1.95. The number of rotatable bonds is 5. The minimum Gasteiger partial charge on any atom is -0.352 e. The van der Waals surface area contributed by atoms with E-state index in [0.29, 0.717) is 12.8 Å². The number of aryl methyl sites for hydroxylation is 1. The number of carbonyl (C=O) groups is 1. The number of sulfone groups is 1. The van der Waals surface area contributed by atoms with Crippen LogP contribution in [0.25, 0.3) is 0 Å². The quantitative estimate of drug-likeness (QED) is 0.731. The second-order valence-electron chi connectivity index (χ2n) is 8.75. The van der Waals surface area contributed by atoms with Gasteiger partial charge < -0.3 is 5.32 Å². The average Bonchev–Trinajstić information content (AvgIpc) is 3.26. The van der Waals surface area contributed by atoms with Gasteiger partial charge in [0.1, 0.15) is 0 Å². The Kier molecular flexibility index (Phi) is 6.17. The Hall–Kier alpha value is -2.25. The number of hydrogen-bond donors (Lipinski definition) is 2. The molecule has 0 unspecified atom stereocenters. The van der Waals surface area contributed by atoms with Crippen molar-refractivity contribution in [2.45, 2.75) is 73.5 Å². The molecule has 1 aliphatic heterocycles. The maximum absolute atomic E-state index is 15.5. The molecule has 0 spiro atoms. The van der Waals surface area contributed by atoms with Gasteiger partial charge in [0.2, 0.25) is 20.7 Å². The maximum atomic E-state index is 15.5. The first-order valence-electron chi connectivity index (χ1n) is 10.9. The summed E-state index contributed by atoms with van der Waals surface area (Å²) in [5.74, 6) is -0.0867. The van der Waals surface area contributed by atoms with Gasteiger partial charge >= 0.3 is 0 Å². The van der Waals surface area contributed by atoms with Crippen molar-refractivity contribution in [1.29, 1.82) is 0 Å². The van der Waals surface area contributed by atoms with Crippen LogP contribution in [-0.4, -0.2) is 31.4 Å². The van der Waals surface area contributed by atoms with Gasteiger partial charge in [-0.05, 0) is 68.7 Å². The van der Waals surface area contributed by atoms with Crippen LogP contribution < -0.4 is 10.6 Å². The first-order chi connectivity index (χ1) is 14.8. The summed E-state index contributed by atoms with van der Waals surface area (Å²) in [5, 5.41) is 4.10. The second-order valence-corrected chi connectivity index (χ2v) is 11.0. The SMILES string of the molecule is Cc1cccc(S(=O)(=O)C2(F)CCC(NC(=O)[C@H]3CC[C@@H](c4ccccc4)N3)CC2)c1. The van der Waals surface area contributed by atoms with Gasteiger partial charge in [0.05, 0.1) is 10.9 Å². The molecule has 2 aromatic carbocycles. The van der Waals surface area contributed by atoms with Crippen LogP contribution in [-0.2, 0) is 14.6 Å². The van der Waals surface area contributed by atoms with E-state index in [0.717, 1.165) is 18.4 Å². The minimum atomic E-state index is -4.08. The van der Waals surface area contributed by atoms with Crippen LogP contribution in [0.2, 0.25) is 0 Å². The lowest BCUT2D eigenvalue weighted by atomic mass is 9.93. The summed E-state index contributed by atoms with van der Waals surface area (Å²) >= 11 is 0. The Morgan fingerprint density at radius 1 is 1.03 bits per heavy atom. The van der Waals surface area contributed by atoms with Gasteiger partial charge in [-0.3, -0.25) is 10.1 Å². The monoisotopic (exact) mass is 444 g/mol. The molecule has 1 heterocycles. The minimum absolute atomic E-state index is 0.0274. The molecular formula is C24H29FN2O3S. The van der Waals surface area contributed by atoms with Crippen molar-refractivity contribution in [3.8, 4) is 0 Å². The van der Waals surface area contributed by atoms with Crippen LogP contribution >= 0.6 is 0 Å². The van der Waals surface area contributed by atoms with E-state index in [1.54, 1.807) is 19.1 Å². The van der Waals surface area contributed by atoms with Crippen LogP contribution in [0.1, 0.15) is 55.7 Å². The van der Waals surface area contributed by atoms with Crippen LogP contribution in [0, 0.1) is 6.92 Å². The third-order valence-electron chi connectivity index (χ3n) is 6.52. The van der Waals surface area contributed by atoms with E-state index in [2.05, 4.69) is 22.8 Å². The summed E-state index contributed by atoms with van der Waals surface area (Å²) in [6, 6.07) is 16.1. The zero-order chi connectivity index (χ0) is 22.1. The molecule has 0 radical (unpaired) electrons. The van der Waals surface area contributed by atoms with Gasteiger partial charge in [0.25, 0.3) is 0 Å². The molecule has 1 aliphatic carbocycles. The van der Waals surface area contributed by atoms with Crippen molar-refractivity contribution in [3.63, 3.8) is 0 Å². The van der Waals surface area contributed by atoms with E-state index < -0.39 is 14.8 Å². The van der Waals surface area contributed by atoms with Crippen molar-refractivity contribution in [2.75, 3.05) is 0 Å². The smallest absolute Gasteiger partial charge is 0.237 e. The zero-order valence-corrected chi connectivity index (χ0v) is 18.5. The van der Waals surface area contributed by atoms with Crippen molar-refractivity contribution in [1.82, 2.24) is 10.6 Å². The Morgan fingerprint density at radius 3 is 2.42 bits per heavy atom. The lowest BCUT2D eigenvalue weighted by Crippen LogP contribution is -2.49. The molecule has 31 heavy (non-hydrogen) atoms. The molecule has 7 heteroatoms. The lowest BCUT2D eigenvalue weighted by Gasteiger charge is -2.34. The number of halogens is 1. The van der Waals surface area contributed by atoms with E-state index in [1.165, 1.54) is 17.7 Å². The first kappa shape index (κ1) is 22.0. The third-order valence-corrected chi connectivity index (χ3v) is 8.77. The molecule has 1 amide bonds. The number of nitrogens with one attached hydrogen (secondary N) is 2. The molecule has 0 bridgehead atoms. The summed E-state index contributed by atoms with van der Waals surface area (Å²) in [6.45, 7) is 1.79. The van der Waals surface area contributed by atoms with E-state index in [-0.39, 0.29) is 41.8 Å². The van der Waals surface area contributed by atoms with Crippen LogP contribution in [0.5, 0.6) is 0 Å². The largest absolute Gasteiger partial charge is 0.352 e. The average molecular weight is 445 g/mol. The number of alkyl halides is 1. The summed E-state index contributed by atoms with van der Waals surface area (Å²) < 4.78 is 41.3. The molecular weight excluding hydrogens is 415 g/mol. The highest BCUT2D eigenvalue weighted by Crippen LogP contribution is 2.40. The molecule has 1 saturated heterocycles. The van der Waals surface area contributed by atoms with Gasteiger partial charge in [-0.25, -0.2) is 12.8 Å². The van der Waals surface area contributed by atoms with Crippen LogP contribution in [0.4, 0.5) is 4.39 Å². The standard InChI is InChI=1S/C24H29FN2O3S/c1-17-6-5-9-20(16-17)31(29,30)24(25)14-12-19(13-15-24)26-23(28)22-11-10-21(27-22)18-7-3-2-4-8-18/h2-9,16,19,21-22,27H,10-15H2,1H3,(H,26,28)/t19?,21-,22+,24?/m0/s1. The summed E-state index contributed by atoms with van der Waals surface area (Å²) in [7, 11) is -4.08. The van der Waals surface area contributed by atoms with Crippen LogP contribution in [0.15, 0.2) is 59.5 Å². The Morgan fingerprint density at radius 2 is 1.74 bits per heavy atom. The van der Waals surface area contributed by atoms with Crippen molar-refractivity contribution in [2.24, 2.45) is 0 Å². The van der Waals surface area contributed by atoms with Gasteiger partial charge in [-0.1, -0.05) is 42.5 Å². The molecule has 2 fully saturated rings. The highest BCUT2D eigenvalue weighted by Gasteiger charge is 2.48. The normalized spacial score (nSPS) is 28.9. The topological polar surface area (TPSA) is 75.3 Å². The molecule has 166 valence electrons. The highest BCUT2D eigenvalue weighted by molar-refractivity contribution is 7.92. The summed E-state index contributed by atoms with van der Waals surface area (Å²) in [6.07, 6.45) is 2.02. The van der Waals surface area contributed by atoms with E-state index in [1.807, 2.05) is 18.2 Å². The van der Waals surface area contributed by atoms with Gasteiger partial charge in [0, 0.05) is 12.1 Å². The predicted molar refractivity (Wildman–Crippen MR) is 118 cm³/mol. The first-order valence-corrected chi connectivity index (χ1v) is 12.4. The van der Waals surface area contributed by atoms with E-state index in [4.69, 9.17) is 0 Å². The van der Waals surface area contributed by atoms with E-state index >= 15 is 4.39 Å². The molecule has 2 atom stereocenters. The fourth-order valence-corrected chi connectivity index (χ4v) is 6.45. The molecule has 1 saturated carbocycles. The fraction of sp³-hybridized carbons (Fsp3) is 0.458. The lowest BCUT2D eigenvalue weighted by molar-refractivity contribution is -0.123. The third kappa shape index (κ3) is 4.53. The Balaban J connectivity index is 1.33. The Bertz CT molecular complexity index is 1030. The Labute approximate surface area is 183 Å². The highest BCUT2D eigenvalue weighted by atomic mass is 32.2. The van der Waals surface area contributed by atoms with Crippen molar-refractivity contribution < 1.29 is 17.6 Å². The second kappa shape index (κ2) is 8.71. The van der Waals surface area contributed by atoms with Crippen molar-refractivity contribution in [3.05, 3.63) is 65.7 Å². The number of amides is 1. The summed E-state index contributed by atoms with van der Waals surface area (Å²) in [4.78, 5) is 12.7. The molecule has 2 aliphatic rings. The molecule has 5 nitrogen and oxygen atoms in total. The van der Waals surface area contributed by atoms with Crippen LogP contribution in [0.3, 0.4) is 0 Å². The van der Waals surface area contributed by atoms with E-state index in [9.17, 15) is 13.2 Å².